The van der Waals surface area contributed by atoms with E-state index in [9.17, 15) is 0 Å². The van der Waals surface area contributed by atoms with Gasteiger partial charge in [0, 0.05) is 44.9 Å². The normalized spacial score (nSPS) is 13.3. The summed E-state index contributed by atoms with van der Waals surface area (Å²) >= 11 is 0. The lowest BCUT2D eigenvalue weighted by Gasteiger charge is -2.48. The quantitative estimate of drug-likeness (QED) is 0.121. The monoisotopic (exact) mass is 1060 g/mol. The fourth-order valence-corrected chi connectivity index (χ4v) is 14.2. The SMILES string of the molecule is c1ccc(-c2ccc(N(c3ccccc3)c3cc4c5c(c3)c3cc(N(c6ccccc6)c6ccc(-c7ccccc7)cc6)cc6c3n5-c3c(cccc3C6(c3ccccc3)c3ccccc3)C4(c3ccccc3)c3ccccc3)cc2)cc1. The number of nitrogens with zero attached hydrogens (tertiary/aromatic N) is 3. The van der Waals surface area contributed by atoms with Gasteiger partial charge in [-0.05, 0) is 140 Å². The van der Waals surface area contributed by atoms with Gasteiger partial charge in [-0.3, -0.25) is 0 Å². The van der Waals surface area contributed by atoms with E-state index in [0.29, 0.717) is 0 Å². The zero-order valence-electron chi connectivity index (χ0n) is 45.6. The molecule has 14 aromatic rings. The van der Waals surface area contributed by atoms with Crippen LogP contribution in [0.15, 0.2) is 334 Å². The van der Waals surface area contributed by atoms with Gasteiger partial charge in [0.25, 0.3) is 0 Å². The minimum Gasteiger partial charge on any atom is -0.310 e. The molecule has 2 aliphatic rings. The molecule has 0 atom stereocenters. The topological polar surface area (TPSA) is 11.4 Å². The first kappa shape index (κ1) is 48.2. The van der Waals surface area contributed by atoms with E-state index in [1.54, 1.807) is 0 Å². The highest BCUT2D eigenvalue weighted by atomic mass is 15.2. The number of benzene rings is 13. The van der Waals surface area contributed by atoms with Crippen LogP contribution >= 0.6 is 0 Å². The Bertz CT molecular complexity index is 4290. The second kappa shape index (κ2) is 19.5. The van der Waals surface area contributed by atoms with Gasteiger partial charge in [-0.25, -0.2) is 0 Å². The Morgan fingerprint density at radius 2 is 0.494 bits per heavy atom. The van der Waals surface area contributed by atoms with Crippen molar-refractivity contribution in [1.29, 1.82) is 0 Å². The number of para-hydroxylation sites is 3. The molecule has 0 fully saturated rings. The van der Waals surface area contributed by atoms with Crippen molar-refractivity contribution in [2.24, 2.45) is 0 Å². The van der Waals surface area contributed by atoms with Crippen LogP contribution in [-0.4, -0.2) is 4.57 Å². The fourth-order valence-electron chi connectivity index (χ4n) is 14.2. The molecule has 0 saturated heterocycles. The Morgan fingerprint density at radius 1 is 0.217 bits per heavy atom. The van der Waals surface area contributed by atoms with E-state index < -0.39 is 10.8 Å². The summed E-state index contributed by atoms with van der Waals surface area (Å²) in [6, 6.07) is 124. The minimum absolute atomic E-state index is 0.790. The third-order valence-electron chi connectivity index (χ3n) is 17.6. The molecule has 3 heteroatoms. The van der Waals surface area contributed by atoms with E-state index in [4.69, 9.17) is 0 Å². The van der Waals surface area contributed by atoms with E-state index in [1.165, 1.54) is 94.3 Å². The van der Waals surface area contributed by atoms with E-state index in [-0.39, 0.29) is 0 Å². The largest absolute Gasteiger partial charge is 0.310 e. The molecule has 3 heterocycles. The van der Waals surface area contributed by atoms with Crippen molar-refractivity contribution in [3.8, 4) is 27.9 Å². The molecule has 2 aliphatic heterocycles. The molecule has 1 aromatic heterocycles. The molecule has 13 aromatic carbocycles. The molecule has 0 radical (unpaired) electrons. The van der Waals surface area contributed by atoms with Crippen molar-refractivity contribution >= 4 is 55.9 Å². The van der Waals surface area contributed by atoms with Gasteiger partial charge < -0.3 is 14.4 Å². The standard InChI is InChI=1S/C80H55N3/c1-9-26-56(27-10-1)58-44-48-66(49-45-58)81(64-38-21-7-22-39-64)68-52-70-71-53-69(82(65-40-23-8-24-41-65)67-50-46-59(47-51-67)57-28-11-2-12-29-57)55-75-77(71)83-76(70)74(54-68)79(60-30-13-3-14-31-60,61-32-15-4-16-33-61)72-42-25-43-73(78(72)83)80(75,62-34-17-5-18-35-62)63-36-19-6-20-37-63/h1-55H. The number of rotatable bonds is 12. The van der Waals surface area contributed by atoms with Crippen molar-refractivity contribution in [3.63, 3.8) is 0 Å². The van der Waals surface area contributed by atoms with Gasteiger partial charge in [0.15, 0.2) is 0 Å². The van der Waals surface area contributed by atoms with Crippen LogP contribution in [0.3, 0.4) is 0 Å². The summed E-state index contributed by atoms with van der Waals surface area (Å²) in [6.07, 6.45) is 0. The second-order valence-electron chi connectivity index (χ2n) is 21.9. The highest BCUT2D eigenvalue weighted by Crippen LogP contribution is 2.63. The molecule has 16 rings (SSSR count). The Balaban J connectivity index is 1.10. The second-order valence-corrected chi connectivity index (χ2v) is 21.9. The van der Waals surface area contributed by atoms with E-state index in [0.717, 1.165) is 34.1 Å². The number of anilines is 6. The maximum absolute atomic E-state index is 2.69. The van der Waals surface area contributed by atoms with Crippen molar-refractivity contribution in [3.05, 3.63) is 378 Å². The molecule has 0 aliphatic carbocycles. The predicted octanol–water partition coefficient (Wildman–Crippen LogP) is 20.4. The zero-order valence-corrected chi connectivity index (χ0v) is 45.6. The Labute approximate surface area is 484 Å². The van der Waals surface area contributed by atoms with Crippen molar-refractivity contribution < 1.29 is 0 Å². The van der Waals surface area contributed by atoms with Gasteiger partial charge in [-0.1, -0.05) is 261 Å². The number of hydrogen-bond donors (Lipinski definition) is 0. The molecular formula is C80H55N3. The van der Waals surface area contributed by atoms with E-state index >= 15 is 0 Å². The average molecular weight is 1060 g/mol. The summed E-state index contributed by atoms with van der Waals surface area (Å²) < 4.78 is 2.69. The van der Waals surface area contributed by atoms with Crippen LogP contribution in [0.2, 0.25) is 0 Å². The number of hydrogen-bond acceptors (Lipinski definition) is 2. The Morgan fingerprint density at radius 3 is 0.819 bits per heavy atom. The summed E-state index contributed by atoms with van der Waals surface area (Å²) in [6.45, 7) is 0. The molecule has 0 unspecified atom stereocenters. The lowest BCUT2D eigenvalue weighted by molar-refractivity contribution is 0.684. The molecule has 0 amide bonds. The highest BCUT2D eigenvalue weighted by Gasteiger charge is 2.53. The molecule has 3 nitrogen and oxygen atoms in total. The minimum atomic E-state index is -0.790. The Kier molecular flexibility index (Phi) is 11.3. The zero-order chi connectivity index (χ0) is 54.9. The molecule has 0 bridgehead atoms. The lowest BCUT2D eigenvalue weighted by Crippen LogP contribution is -2.41. The van der Waals surface area contributed by atoms with Gasteiger partial charge in [0.2, 0.25) is 0 Å². The van der Waals surface area contributed by atoms with Crippen molar-refractivity contribution in [2.45, 2.75) is 10.8 Å². The van der Waals surface area contributed by atoms with Gasteiger partial charge in [0.1, 0.15) is 0 Å². The molecule has 0 N–H and O–H groups in total. The fraction of sp³-hybridized carbons (Fsp3) is 0.0250. The first-order valence-corrected chi connectivity index (χ1v) is 28.7. The third-order valence-corrected chi connectivity index (χ3v) is 17.6. The summed E-state index contributed by atoms with van der Waals surface area (Å²) in [5, 5.41) is 2.36. The van der Waals surface area contributed by atoms with Crippen LogP contribution in [0.1, 0.15) is 44.5 Å². The van der Waals surface area contributed by atoms with E-state index in [1.807, 2.05) is 0 Å². The molecular weight excluding hydrogens is 1000 g/mol. The number of fused-ring (bicyclic) bond motifs is 1. The summed E-state index contributed by atoms with van der Waals surface area (Å²) in [5.74, 6) is 0. The number of aromatic nitrogens is 1. The predicted molar refractivity (Wildman–Crippen MR) is 345 cm³/mol. The highest BCUT2D eigenvalue weighted by molar-refractivity contribution is 6.17. The third kappa shape index (κ3) is 7.38. The lowest BCUT2D eigenvalue weighted by atomic mass is 9.58. The summed E-state index contributed by atoms with van der Waals surface area (Å²) in [7, 11) is 0. The molecule has 83 heavy (non-hydrogen) atoms. The smallest absolute Gasteiger partial charge is 0.0743 e. The first-order chi connectivity index (χ1) is 41.2. The van der Waals surface area contributed by atoms with Crippen LogP contribution in [0.4, 0.5) is 34.1 Å². The Hall–Kier alpha value is -10.7. The van der Waals surface area contributed by atoms with Crippen LogP contribution in [-0.2, 0) is 10.8 Å². The first-order valence-electron chi connectivity index (χ1n) is 28.7. The maximum Gasteiger partial charge on any atom is 0.0743 e. The van der Waals surface area contributed by atoms with Gasteiger partial charge in [-0.15, -0.1) is 0 Å². The molecule has 0 spiro atoms. The van der Waals surface area contributed by atoms with Crippen molar-refractivity contribution in [2.75, 3.05) is 9.80 Å². The molecule has 390 valence electrons. The van der Waals surface area contributed by atoms with Gasteiger partial charge in [0.05, 0.1) is 27.6 Å². The van der Waals surface area contributed by atoms with E-state index in [2.05, 4.69) is 348 Å². The van der Waals surface area contributed by atoms with Crippen LogP contribution < -0.4 is 9.80 Å². The van der Waals surface area contributed by atoms with Gasteiger partial charge in [-0.2, -0.15) is 0 Å². The average Bonchev–Trinajstić information content (AvgIpc) is 1.62. The van der Waals surface area contributed by atoms with Crippen LogP contribution in [0.25, 0.3) is 49.7 Å². The van der Waals surface area contributed by atoms with Crippen molar-refractivity contribution in [1.82, 2.24) is 4.57 Å². The maximum atomic E-state index is 2.69. The summed E-state index contributed by atoms with van der Waals surface area (Å²) in [4.78, 5) is 4.93. The van der Waals surface area contributed by atoms with Gasteiger partial charge >= 0.3 is 0 Å². The van der Waals surface area contributed by atoms with Crippen LogP contribution in [0, 0.1) is 0 Å². The molecule has 0 saturated carbocycles. The summed E-state index contributed by atoms with van der Waals surface area (Å²) in [5.41, 5.74) is 23.0. The van der Waals surface area contributed by atoms with Crippen LogP contribution in [0.5, 0.6) is 0 Å².